The molecule has 0 aliphatic carbocycles. The number of nitrogens with one attached hydrogen (secondary N) is 1. The maximum atomic E-state index is 13.3. The van der Waals surface area contributed by atoms with Gasteiger partial charge in [-0.2, -0.15) is 0 Å². The number of halogens is 3. The fourth-order valence-corrected chi connectivity index (χ4v) is 1.62. The summed E-state index contributed by atoms with van der Waals surface area (Å²) >= 11 is 0. The molecule has 0 heterocycles. The normalized spacial score (nSPS) is 10.3. The van der Waals surface area contributed by atoms with Gasteiger partial charge < -0.3 is 5.32 Å². The SMILES string of the molecule is O=C(NCc1ccccc1F)c1c(F)cccc1F. The first-order valence-corrected chi connectivity index (χ1v) is 5.55. The number of hydrogen-bond donors (Lipinski definition) is 1. The van der Waals surface area contributed by atoms with Crippen LogP contribution in [0.4, 0.5) is 13.2 Å². The molecular weight excluding hydrogens is 255 g/mol. The lowest BCUT2D eigenvalue weighted by Gasteiger charge is -2.07. The minimum absolute atomic E-state index is 0.140. The zero-order chi connectivity index (χ0) is 13.8. The molecule has 0 aliphatic heterocycles. The molecule has 0 saturated heterocycles. The molecule has 98 valence electrons. The maximum Gasteiger partial charge on any atom is 0.257 e. The molecule has 0 spiro atoms. The van der Waals surface area contributed by atoms with Crippen molar-refractivity contribution in [1.29, 1.82) is 0 Å². The van der Waals surface area contributed by atoms with Crippen LogP contribution in [0.2, 0.25) is 0 Å². The summed E-state index contributed by atoms with van der Waals surface area (Å²) < 4.78 is 40.0. The lowest BCUT2D eigenvalue weighted by Crippen LogP contribution is -2.25. The van der Waals surface area contributed by atoms with Gasteiger partial charge in [0.05, 0.1) is 0 Å². The Bertz CT molecular complexity index is 593. The largest absolute Gasteiger partial charge is 0.348 e. The average Bonchev–Trinajstić information content (AvgIpc) is 2.37. The zero-order valence-corrected chi connectivity index (χ0v) is 9.79. The molecular formula is C14H10F3NO. The Hall–Kier alpha value is -2.30. The van der Waals surface area contributed by atoms with Crippen molar-refractivity contribution in [1.82, 2.24) is 5.32 Å². The minimum Gasteiger partial charge on any atom is -0.348 e. The van der Waals surface area contributed by atoms with Crippen LogP contribution in [0.1, 0.15) is 15.9 Å². The van der Waals surface area contributed by atoms with E-state index in [0.717, 1.165) is 18.2 Å². The van der Waals surface area contributed by atoms with Crippen LogP contribution in [0.3, 0.4) is 0 Å². The van der Waals surface area contributed by atoms with Gasteiger partial charge in [-0.05, 0) is 18.2 Å². The molecule has 2 nitrogen and oxygen atoms in total. The van der Waals surface area contributed by atoms with Crippen LogP contribution in [0, 0.1) is 17.5 Å². The molecule has 5 heteroatoms. The van der Waals surface area contributed by atoms with Gasteiger partial charge in [-0.15, -0.1) is 0 Å². The standard InChI is InChI=1S/C14H10F3NO/c15-10-5-2-1-4-9(10)8-18-14(19)13-11(16)6-3-7-12(13)17/h1-7H,8H2,(H,18,19). The number of hydrogen-bond acceptors (Lipinski definition) is 1. The smallest absolute Gasteiger partial charge is 0.257 e. The molecule has 2 aromatic carbocycles. The predicted molar refractivity (Wildman–Crippen MR) is 63.9 cm³/mol. The van der Waals surface area contributed by atoms with E-state index >= 15 is 0 Å². The van der Waals surface area contributed by atoms with Gasteiger partial charge in [0, 0.05) is 12.1 Å². The summed E-state index contributed by atoms with van der Waals surface area (Å²) in [7, 11) is 0. The summed E-state index contributed by atoms with van der Waals surface area (Å²) in [6, 6.07) is 8.98. The van der Waals surface area contributed by atoms with E-state index < -0.39 is 28.9 Å². The van der Waals surface area contributed by atoms with Crippen molar-refractivity contribution in [2.24, 2.45) is 0 Å². The van der Waals surface area contributed by atoms with Crippen LogP contribution in [0.25, 0.3) is 0 Å². The molecule has 0 aliphatic rings. The molecule has 0 aromatic heterocycles. The van der Waals surface area contributed by atoms with Gasteiger partial charge in [-0.25, -0.2) is 13.2 Å². The molecule has 19 heavy (non-hydrogen) atoms. The third-order valence-electron chi connectivity index (χ3n) is 2.59. The Morgan fingerprint density at radius 1 is 0.895 bits per heavy atom. The van der Waals surface area contributed by atoms with Gasteiger partial charge in [0.1, 0.15) is 23.0 Å². The molecule has 2 rings (SSSR count). The van der Waals surface area contributed by atoms with Crippen molar-refractivity contribution in [3.63, 3.8) is 0 Å². The second-order valence-electron chi connectivity index (χ2n) is 3.87. The summed E-state index contributed by atoms with van der Waals surface area (Å²) in [6.07, 6.45) is 0. The number of carbonyl (C=O) groups is 1. The molecule has 0 bridgehead atoms. The number of benzene rings is 2. The van der Waals surface area contributed by atoms with E-state index in [2.05, 4.69) is 5.32 Å². The average molecular weight is 265 g/mol. The highest BCUT2D eigenvalue weighted by atomic mass is 19.1. The van der Waals surface area contributed by atoms with Gasteiger partial charge in [0.15, 0.2) is 0 Å². The molecule has 0 saturated carbocycles. The second kappa shape index (κ2) is 5.56. The van der Waals surface area contributed by atoms with Crippen LogP contribution in [-0.2, 0) is 6.54 Å². The quantitative estimate of drug-likeness (QED) is 0.908. The molecule has 0 atom stereocenters. The third kappa shape index (κ3) is 2.93. The van der Waals surface area contributed by atoms with Crippen molar-refractivity contribution >= 4 is 5.91 Å². The highest BCUT2D eigenvalue weighted by Crippen LogP contribution is 2.12. The predicted octanol–water partition coefficient (Wildman–Crippen LogP) is 3.03. The summed E-state index contributed by atoms with van der Waals surface area (Å²) in [6.45, 7) is -0.140. The number of rotatable bonds is 3. The Balaban J connectivity index is 2.13. The summed E-state index contributed by atoms with van der Waals surface area (Å²) in [5.74, 6) is -3.31. The molecule has 1 N–H and O–H groups in total. The highest BCUT2D eigenvalue weighted by Gasteiger charge is 2.16. The molecule has 0 radical (unpaired) electrons. The van der Waals surface area contributed by atoms with Crippen LogP contribution >= 0.6 is 0 Å². The number of carbonyl (C=O) groups excluding carboxylic acids is 1. The topological polar surface area (TPSA) is 29.1 Å². The van der Waals surface area contributed by atoms with Crippen LogP contribution in [-0.4, -0.2) is 5.91 Å². The lowest BCUT2D eigenvalue weighted by atomic mass is 10.1. The van der Waals surface area contributed by atoms with Crippen LogP contribution < -0.4 is 5.32 Å². The Morgan fingerprint density at radius 3 is 2.11 bits per heavy atom. The van der Waals surface area contributed by atoms with Crippen LogP contribution in [0.5, 0.6) is 0 Å². The van der Waals surface area contributed by atoms with Crippen LogP contribution in [0.15, 0.2) is 42.5 Å². The van der Waals surface area contributed by atoms with Gasteiger partial charge in [-0.1, -0.05) is 24.3 Å². The molecule has 1 amide bonds. The Morgan fingerprint density at radius 2 is 1.47 bits per heavy atom. The van der Waals surface area contributed by atoms with Crippen molar-refractivity contribution in [3.05, 3.63) is 71.0 Å². The van der Waals surface area contributed by atoms with E-state index in [1.165, 1.54) is 18.2 Å². The lowest BCUT2D eigenvalue weighted by molar-refractivity contribution is 0.0942. The van der Waals surface area contributed by atoms with Gasteiger partial charge in [0.25, 0.3) is 5.91 Å². The summed E-state index contributed by atoms with van der Waals surface area (Å²) in [4.78, 5) is 11.7. The van der Waals surface area contributed by atoms with E-state index in [9.17, 15) is 18.0 Å². The van der Waals surface area contributed by atoms with Crippen molar-refractivity contribution in [2.75, 3.05) is 0 Å². The summed E-state index contributed by atoms with van der Waals surface area (Å²) in [5.41, 5.74) is -0.425. The highest BCUT2D eigenvalue weighted by molar-refractivity contribution is 5.94. The van der Waals surface area contributed by atoms with Gasteiger partial charge in [0.2, 0.25) is 0 Å². The first-order valence-electron chi connectivity index (χ1n) is 5.55. The van der Waals surface area contributed by atoms with Gasteiger partial charge >= 0.3 is 0 Å². The fraction of sp³-hybridized carbons (Fsp3) is 0.0714. The van der Waals surface area contributed by atoms with Crippen molar-refractivity contribution in [2.45, 2.75) is 6.54 Å². The zero-order valence-electron chi connectivity index (χ0n) is 9.79. The Kier molecular flexibility index (Phi) is 3.85. The Labute approximate surface area is 107 Å². The number of amides is 1. The maximum absolute atomic E-state index is 13.3. The van der Waals surface area contributed by atoms with Crippen molar-refractivity contribution < 1.29 is 18.0 Å². The van der Waals surface area contributed by atoms with E-state index in [1.807, 2.05) is 0 Å². The first kappa shape index (κ1) is 13.1. The van der Waals surface area contributed by atoms with E-state index in [0.29, 0.717) is 0 Å². The molecule has 0 fully saturated rings. The molecule has 0 unspecified atom stereocenters. The van der Waals surface area contributed by atoms with E-state index in [4.69, 9.17) is 0 Å². The third-order valence-corrected chi connectivity index (χ3v) is 2.59. The minimum atomic E-state index is -0.953. The first-order chi connectivity index (χ1) is 9.09. The van der Waals surface area contributed by atoms with E-state index in [-0.39, 0.29) is 12.1 Å². The second-order valence-corrected chi connectivity index (χ2v) is 3.87. The monoisotopic (exact) mass is 265 g/mol. The van der Waals surface area contributed by atoms with E-state index in [1.54, 1.807) is 6.07 Å². The fourth-order valence-electron chi connectivity index (χ4n) is 1.62. The summed E-state index contributed by atoms with van der Waals surface area (Å²) in [5, 5.41) is 2.28. The molecule has 2 aromatic rings. The van der Waals surface area contributed by atoms with Gasteiger partial charge in [-0.3, -0.25) is 4.79 Å². The van der Waals surface area contributed by atoms with Crippen molar-refractivity contribution in [3.8, 4) is 0 Å².